The van der Waals surface area contributed by atoms with Crippen molar-refractivity contribution in [3.63, 3.8) is 0 Å². The minimum Gasteiger partial charge on any atom is -0.508 e. The molecule has 1 aliphatic heterocycles. The number of piperidine rings is 1. The van der Waals surface area contributed by atoms with E-state index in [0.717, 1.165) is 12.5 Å². The molecule has 1 aromatic carbocycles. The summed E-state index contributed by atoms with van der Waals surface area (Å²) in [6.07, 6.45) is 2.56. The summed E-state index contributed by atoms with van der Waals surface area (Å²) in [4.78, 5) is 3.14. The molecule has 1 fully saturated rings. The van der Waals surface area contributed by atoms with Gasteiger partial charge in [-0.05, 0) is 49.5 Å². The van der Waals surface area contributed by atoms with Gasteiger partial charge < -0.3 is 5.11 Å². The molecule has 0 spiro atoms. The minimum absolute atomic E-state index is 0.348. The molecule has 1 heterocycles. The van der Waals surface area contributed by atoms with Crippen molar-refractivity contribution in [2.24, 2.45) is 5.92 Å². The number of halogens is 1. The van der Waals surface area contributed by atoms with Crippen LogP contribution in [0.15, 0.2) is 24.3 Å². The van der Waals surface area contributed by atoms with Crippen molar-refractivity contribution in [1.82, 2.24) is 4.90 Å². The number of nitrogens with zero attached hydrogens (tertiary/aromatic N) is 1. The van der Waals surface area contributed by atoms with Crippen molar-refractivity contribution < 1.29 is 5.11 Å². The monoisotopic (exact) mass is 297 g/mol. The van der Waals surface area contributed by atoms with Crippen LogP contribution in [0.25, 0.3) is 0 Å². The lowest BCUT2D eigenvalue weighted by atomic mass is 9.94. The average Bonchev–Trinajstić information content (AvgIpc) is 2.33. The average molecular weight is 298 g/mol. The number of phenols is 1. The predicted molar refractivity (Wildman–Crippen MR) is 74.5 cm³/mol. The maximum atomic E-state index is 9.24. The summed E-state index contributed by atoms with van der Waals surface area (Å²) in [7, 11) is 0. The molecule has 3 heteroatoms. The van der Waals surface area contributed by atoms with E-state index >= 15 is 0 Å². The first-order valence-corrected chi connectivity index (χ1v) is 7.21. The van der Waals surface area contributed by atoms with Crippen molar-refractivity contribution in [1.29, 1.82) is 0 Å². The lowest BCUT2D eigenvalue weighted by Gasteiger charge is -2.33. The number of aromatic hydroxyl groups is 1. The molecule has 94 valence electrons. The van der Waals surface area contributed by atoms with E-state index < -0.39 is 0 Å². The summed E-state index contributed by atoms with van der Waals surface area (Å²) in [5, 5.41) is 9.24. The maximum absolute atomic E-state index is 9.24. The van der Waals surface area contributed by atoms with E-state index in [1.54, 1.807) is 12.1 Å². The molecule has 0 aromatic heterocycles. The second-order valence-corrected chi connectivity index (χ2v) is 6.40. The van der Waals surface area contributed by atoms with Crippen LogP contribution >= 0.6 is 15.9 Å². The van der Waals surface area contributed by atoms with Gasteiger partial charge in [0.15, 0.2) is 0 Å². The zero-order valence-corrected chi connectivity index (χ0v) is 11.9. The smallest absolute Gasteiger partial charge is 0.115 e. The van der Waals surface area contributed by atoms with Crippen LogP contribution in [0.4, 0.5) is 0 Å². The molecule has 0 saturated carbocycles. The van der Waals surface area contributed by atoms with Crippen molar-refractivity contribution >= 4 is 15.9 Å². The van der Waals surface area contributed by atoms with Crippen molar-refractivity contribution in [2.45, 2.75) is 31.1 Å². The third-order valence-corrected chi connectivity index (χ3v) is 4.37. The van der Waals surface area contributed by atoms with Gasteiger partial charge in [0.05, 0.1) is 0 Å². The van der Waals surface area contributed by atoms with Crippen LogP contribution in [0.1, 0.15) is 25.3 Å². The van der Waals surface area contributed by atoms with Crippen LogP contribution in [0.2, 0.25) is 0 Å². The summed E-state index contributed by atoms with van der Waals surface area (Å²) in [5.74, 6) is 1.17. The molecular weight excluding hydrogens is 278 g/mol. The standard InChI is InChI=1S/C14H20BrNO/c1-11(15)13-6-8-16(9-7-13)10-12-2-4-14(17)5-3-12/h2-5,11,13,17H,6-10H2,1H3. The molecule has 1 aliphatic rings. The molecule has 1 N–H and O–H groups in total. The van der Waals surface area contributed by atoms with E-state index in [1.165, 1.54) is 31.5 Å². The van der Waals surface area contributed by atoms with Crippen molar-refractivity contribution in [3.05, 3.63) is 29.8 Å². The summed E-state index contributed by atoms with van der Waals surface area (Å²) in [6, 6.07) is 7.55. The first kappa shape index (κ1) is 12.9. The van der Waals surface area contributed by atoms with E-state index in [0.29, 0.717) is 10.6 Å². The van der Waals surface area contributed by atoms with Crippen LogP contribution in [-0.4, -0.2) is 27.9 Å². The van der Waals surface area contributed by atoms with Crippen LogP contribution in [-0.2, 0) is 6.54 Å². The zero-order valence-electron chi connectivity index (χ0n) is 10.3. The van der Waals surface area contributed by atoms with Gasteiger partial charge in [-0.15, -0.1) is 0 Å². The summed E-state index contributed by atoms with van der Waals surface area (Å²) >= 11 is 3.68. The SMILES string of the molecule is CC(Br)C1CCN(Cc2ccc(O)cc2)CC1. The van der Waals surface area contributed by atoms with E-state index in [1.807, 2.05) is 12.1 Å². The Morgan fingerprint density at radius 2 is 1.88 bits per heavy atom. The Balaban J connectivity index is 1.84. The molecule has 0 amide bonds. The van der Waals surface area contributed by atoms with Gasteiger partial charge in [0, 0.05) is 11.4 Å². The fourth-order valence-corrected chi connectivity index (χ4v) is 2.96. The van der Waals surface area contributed by atoms with Gasteiger partial charge in [-0.3, -0.25) is 4.90 Å². The van der Waals surface area contributed by atoms with Crippen LogP contribution in [0.3, 0.4) is 0 Å². The third kappa shape index (κ3) is 3.71. The fraction of sp³-hybridized carbons (Fsp3) is 0.571. The molecular formula is C14H20BrNO. The fourth-order valence-electron chi connectivity index (χ4n) is 2.43. The molecule has 17 heavy (non-hydrogen) atoms. The summed E-state index contributed by atoms with van der Waals surface area (Å²) < 4.78 is 0. The Hall–Kier alpha value is -0.540. The molecule has 0 radical (unpaired) electrons. The Morgan fingerprint density at radius 1 is 1.29 bits per heavy atom. The number of benzene rings is 1. The number of hydrogen-bond donors (Lipinski definition) is 1. The largest absolute Gasteiger partial charge is 0.508 e. The minimum atomic E-state index is 0.348. The van der Waals surface area contributed by atoms with Gasteiger partial charge in [0.1, 0.15) is 5.75 Å². The van der Waals surface area contributed by atoms with Crippen molar-refractivity contribution in [3.8, 4) is 5.75 Å². The molecule has 1 atom stereocenters. The predicted octanol–water partition coefficient (Wildman–Crippen LogP) is 3.39. The topological polar surface area (TPSA) is 23.5 Å². The Labute approximate surface area is 112 Å². The Kier molecular flexibility index (Phi) is 4.46. The molecule has 1 unspecified atom stereocenters. The number of rotatable bonds is 3. The van der Waals surface area contributed by atoms with E-state index in [9.17, 15) is 5.11 Å². The van der Waals surface area contributed by atoms with Gasteiger partial charge in [-0.25, -0.2) is 0 Å². The van der Waals surface area contributed by atoms with Crippen LogP contribution in [0, 0.1) is 5.92 Å². The molecule has 0 bridgehead atoms. The third-order valence-electron chi connectivity index (χ3n) is 3.62. The molecule has 0 aliphatic carbocycles. The zero-order chi connectivity index (χ0) is 12.3. The highest BCUT2D eigenvalue weighted by Gasteiger charge is 2.22. The van der Waals surface area contributed by atoms with Gasteiger partial charge in [0.2, 0.25) is 0 Å². The lowest BCUT2D eigenvalue weighted by Crippen LogP contribution is -2.35. The molecule has 2 rings (SSSR count). The Bertz CT molecular complexity index is 342. The second-order valence-electron chi connectivity index (χ2n) is 4.96. The van der Waals surface area contributed by atoms with Gasteiger partial charge in [-0.1, -0.05) is 35.0 Å². The highest BCUT2D eigenvalue weighted by molar-refractivity contribution is 9.09. The lowest BCUT2D eigenvalue weighted by molar-refractivity contribution is 0.178. The van der Waals surface area contributed by atoms with E-state index in [-0.39, 0.29) is 0 Å². The van der Waals surface area contributed by atoms with Gasteiger partial charge in [-0.2, -0.15) is 0 Å². The number of likely N-dealkylation sites (tertiary alicyclic amines) is 1. The molecule has 1 saturated heterocycles. The van der Waals surface area contributed by atoms with Crippen molar-refractivity contribution in [2.75, 3.05) is 13.1 Å². The maximum Gasteiger partial charge on any atom is 0.115 e. The second kappa shape index (κ2) is 5.87. The molecule has 1 aromatic rings. The Morgan fingerprint density at radius 3 is 2.41 bits per heavy atom. The van der Waals surface area contributed by atoms with Gasteiger partial charge >= 0.3 is 0 Å². The highest BCUT2D eigenvalue weighted by atomic mass is 79.9. The van der Waals surface area contributed by atoms with E-state index in [2.05, 4.69) is 27.8 Å². The van der Waals surface area contributed by atoms with Crippen LogP contribution < -0.4 is 0 Å². The highest BCUT2D eigenvalue weighted by Crippen LogP contribution is 2.25. The number of hydrogen-bond acceptors (Lipinski definition) is 2. The normalized spacial score (nSPS) is 20.4. The first-order chi connectivity index (χ1) is 8.15. The summed E-state index contributed by atoms with van der Waals surface area (Å²) in [5.41, 5.74) is 1.29. The number of phenolic OH excluding ortho intramolecular Hbond substituents is 1. The van der Waals surface area contributed by atoms with Crippen LogP contribution in [0.5, 0.6) is 5.75 Å². The summed E-state index contributed by atoms with van der Waals surface area (Å²) in [6.45, 7) is 5.62. The number of alkyl halides is 1. The van der Waals surface area contributed by atoms with E-state index in [4.69, 9.17) is 0 Å². The first-order valence-electron chi connectivity index (χ1n) is 6.29. The quantitative estimate of drug-likeness (QED) is 0.865. The van der Waals surface area contributed by atoms with Gasteiger partial charge in [0.25, 0.3) is 0 Å². The molecule has 2 nitrogen and oxygen atoms in total.